The molecule has 0 radical (unpaired) electrons. The number of nitrogens with one attached hydrogen (secondary N) is 2. The zero-order chi connectivity index (χ0) is 45.7. The molecule has 1 unspecified atom stereocenters. The van der Waals surface area contributed by atoms with Crippen molar-refractivity contribution in [2.24, 2.45) is 5.92 Å². The highest BCUT2D eigenvalue weighted by atomic mass is 31.2. The van der Waals surface area contributed by atoms with Gasteiger partial charge in [-0.25, -0.2) is 18.7 Å². The van der Waals surface area contributed by atoms with E-state index in [9.17, 15) is 14.2 Å². The molecule has 1 amide bonds. The van der Waals surface area contributed by atoms with Crippen LogP contribution < -0.4 is 22.1 Å². The monoisotopic (exact) mass is 901 g/mol. The number of benzene rings is 3. The second kappa shape index (κ2) is 15.7. The van der Waals surface area contributed by atoms with Crippen LogP contribution in [-0.4, -0.2) is 84.1 Å². The van der Waals surface area contributed by atoms with Crippen LogP contribution in [0.25, 0.3) is 28.1 Å². The third-order valence-corrected chi connectivity index (χ3v) is 16.9. The Hall–Kier alpha value is -6.25. The molecular weight excluding hydrogens is 849 g/mol. The molecule has 338 valence electrons. The number of aromatic amines is 1. The number of aromatic nitrogens is 7. The highest BCUT2D eigenvalue weighted by Gasteiger charge is 2.59. The van der Waals surface area contributed by atoms with Gasteiger partial charge in [0.15, 0.2) is 5.82 Å². The minimum absolute atomic E-state index is 0.0211. The highest BCUT2D eigenvalue weighted by Crippen LogP contribution is 2.56. The van der Waals surface area contributed by atoms with E-state index >= 15 is 9.18 Å². The first-order chi connectivity index (χ1) is 31.2. The summed E-state index contributed by atoms with van der Waals surface area (Å²) in [4.78, 5) is 47.3. The zero-order valence-corrected chi connectivity index (χ0v) is 38.5. The summed E-state index contributed by atoms with van der Waals surface area (Å²) in [6.45, 7) is 12.8. The molecule has 1 saturated carbocycles. The summed E-state index contributed by atoms with van der Waals surface area (Å²) in [6.07, 6.45) is 6.70. The van der Waals surface area contributed by atoms with Crippen LogP contribution in [0.5, 0.6) is 0 Å². The largest absolute Gasteiger partial charge is 0.438 e. The van der Waals surface area contributed by atoms with E-state index in [1.165, 1.54) is 14.7 Å². The first-order valence-corrected chi connectivity index (χ1v) is 24.7. The van der Waals surface area contributed by atoms with E-state index in [0.717, 1.165) is 23.7 Å². The average molecular weight is 902 g/mol. The van der Waals surface area contributed by atoms with Crippen molar-refractivity contribution in [3.05, 3.63) is 133 Å². The minimum atomic E-state index is -2.64. The standard InChI is InChI=1S/C48H53FN9O6P/c1-8-65(7,62)40-12-10-34(25-37(40)50-6)55-17-18-56(47(55)61)43-41-30(5)54(16-13-36(41)52-58(43)35-21-27(2)42(49)28(3)22-35)44(59)39-24-33-23-32(31-14-19-63-20-15-31)9-11-38(33)57(39)48(26-29(48)4)45-51-46(60)64-53-45/h9-12,17-18,21-25,29-31,50H,8,13-16,19-20,26H2,1-7H3,(H,51,53,60)/t29-,30-,48-,65?/m0/s1. The van der Waals surface area contributed by atoms with Crippen molar-refractivity contribution in [3.8, 4) is 17.2 Å². The van der Waals surface area contributed by atoms with Crippen molar-refractivity contribution in [1.29, 1.82) is 0 Å². The van der Waals surface area contributed by atoms with Crippen LogP contribution >= 0.6 is 7.14 Å². The maximum atomic E-state index is 15.5. The number of nitrogens with zero attached hydrogens (tertiary/aromatic N) is 7. The van der Waals surface area contributed by atoms with Crippen LogP contribution in [0, 0.1) is 25.6 Å². The van der Waals surface area contributed by atoms with Gasteiger partial charge in [-0.3, -0.25) is 23.4 Å². The number of ether oxygens (including phenoxy) is 1. The lowest BCUT2D eigenvalue weighted by atomic mass is 9.91. The maximum absolute atomic E-state index is 15.5. The predicted octanol–water partition coefficient (Wildman–Crippen LogP) is 7.32. The fourth-order valence-electron chi connectivity index (χ4n) is 10.4. The van der Waals surface area contributed by atoms with E-state index in [0.29, 0.717) is 107 Å². The maximum Gasteiger partial charge on any atom is 0.438 e. The van der Waals surface area contributed by atoms with Crippen molar-refractivity contribution < 1.29 is 23.0 Å². The van der Waals surface area contributed by atoms with E-state index in [2.05, 4.69) is 40.6 Å². The van der Waals surface area contributed by atoms with Crippen LogP contribution in [0.1, 0.15) is 96.3 Å². The summed E-state index contributed by atoms with van der Waals surface area (Å²) in [6, 6.07) is 16.6. The van der Waals surface area contributed by atoms with Gasteiger partial charge >= 0.3 is 11.4 Å². The van der Waals surface area contributed by atoms with Gasteiger partial charge in [-0.1, -0.05) is 25.1 Å². The molecule has 3 aliphatic rings. The lowest BCUT2D eigenvalue weighted by Crippen LogP contribution is -2.41. The lowest BCUT2D eigenvalue weighted by molar-refractivity contribution is 0.0663. The van der Waals surface area contributed by atoms with Crippen molar-refractivity contribution in [3.63, 3.8) is 0 Å². The molecule has 15 nitrogen and oxygen atoms in total. The molecule has 7 aromatic rings. The normalized spacial score (nSPS) is 20.8. The molecule has 1 saturated heterocycles. The molecule has 4 aromatic heterocycles. The number of carbonyl (C=O) groups excluding carboxylic acids is 1. The van der Waals surface area contributed by atoms with E-state index < -0.39 is 30.2 Å². The summed E-state index contributed by atoms with van der Waals surface area (Å²) in [5, 5.41) is 14.1. The molecular formula is C48H53FN9O6P. The number of halogens is 1. The van der Waals surface area contributed by atoms with E-state index in [-0.39, 0.29) is 17.6 Å². The van der Waals surface area contributed by atoms with Crippen molar-refractivity contribution in [2.45, 2.75) is 77.8 Å². The molecule has 17 heteroatoms. The first-order valence-electron chi connectivity index (χ1n) is 22.4. The fraction of sp³-hybridized carbons (Fsp3) is 0.396. The number of rotatable bonds is 10. The molecule has 4 atom stereocenters. The number of hydrogen-bond donors (Lipinski definition) is 2. The lowest BCUT2D eigenvalue weighted by Gasteiger charge is -2.34. The number of H-pyrrole nitrogens is 1. The Labute approximate surface area is 374 Å². The first kappa shape index (κ1) is 42.7. The summed E-state index contributed by atoms with van der Waals surface area (Å²) in [5.74, 6) is -0.0583. The van der Waals surface area contributed by atoms with Crippen molar-refractivity contribution >= 4 is 34.9 Å². The van der Waals surface area contributed by atoms with Crippen LogP contribution in [0.2, 0.25) is 0 Å². The smallest absolute Gasteiger partial charge is 0.387 e. The third kappa shape index (κ3) is 6.78. The summed E-state index contributed by atoms with van der Waals surface area (Å²) in [5.41, 5.74) is 5.32. The van der Waals surface area contributed by atoms with Crippen molar-refractivity contribution in [2.75, 3.05) is 44.9 Å². The van der Waals surface area contributed by atoms with Crippen LogP contribution in [0.3, 0.4) is 0 Å². The fourth-order valence-corrected chi connectivity index (χ4v) is 11.8. The molecule has 2 aliphatic heterocycles. The molecule has 1 aliphatic carbocycles. The van der Waals surface area contributed by atoms with Gasteiger partial charge in [-0.15, -0.1) is 0 Å². The summed E-state index contributed by atoms with van der Waals surface area (Å²) < 4.78 is 46.1. The number of imidazole rings is 1. The van der Waals surface area contributed by atoms with Gasteiger partial charge in [0.1, 0.15) is 30.0 Å². The Morgan fingerprint density at radius 2 is 1.72 bits per heavy atom. The van der Waals surface area contributed by atoms with Gasteiger partial charge in [0, 0.05) is 79.2 Å². The van der Waals surface area contributed by atoms with Crippen LogP contribution in [0.15, 0.2) is 81.1 Å². The Bertz CT molecular complexity index is 3200. The molecule has 65 heavy (non-hydrogen) atoms. The second-order valence-electron chi connectivity index (χ2n) is 18.1. The average Bonchev–Trinajstić information content (AvgIpc) is 3.80. The topological polar surface area (TPSA) is 167 Å². The van der Waals surface area contributed by atoms with Crippen LogP contribution in [-0.2, 0) is 21.3 Å². The Morgan fingerprint density at radius 3 is 2.38 bits per heavy atom. The zero-order valence-electron chi connectivity index (χ0n) is 37.6. The Morgan fingerprint density at radius 1 is 1.00 bits per heavy atom. The minimum Gasteiger partial charge on any atom is -0.387 e. The number of carbonyl (C=O) groups is 1. The Kier molecular flexibility index (Phi) is 10.3. The number of anilines is 1. The van der Waals surface area contributed by atoms with Gasteiger partial charge in [-0.05, 0) is 124 Å². The molecule has 10 rings (SSSR count). The summed E-state index contributed by atoms with van der Waals surface area (Å²) in [7, 11) is -0.877. The van der Waals surface area contributed by atoms with Crippen molar-refractivity contribution in [1.82, 2.24) is 38.5 Å². The van der Waals surface area contributed by atoms with Gasteiger partial charge in [0.05, 0.1) is 23.1 Å². The number of aryl methyl sites for hydroxylation is 2. The molecule has 2 fully saturated rings. The second-order valence-corrected chi connectivity index (χ2v) is 21.5. The van der Waals surface area contributed by atoms with E-state index in [1.54, 1.807) is 62.8 Å². The highest BCUT2D eigenvalue weighted by molar-refractivity contribution is 7.71. The number of hydrogen-bond acceptors (Lipinski definition) is 9. The van der Waals surface area contributed by atoms with Gasteiger partial charge in [0.25, 0.3) is 5.91 Å². The van der Waals surface area contributed by atoms with Gasteiger partial charge in [0.2, 0.25) is 0 Å². The van der Waals surface area contributed by atoms with E-state index in [4.69, 9.17) is 14.4 Å². The molecule has 0 bridgehead atoms. The van der Waals surface area contributed by atoms with Gasteiger partial charge < -0.3 is 24.1 Å². The Balaban J connectivity index is 1.12. The quantitative estimate of drug-likeness (QED) is 0.134. The molecule has 3 aromatic carbocycles. The molecule has 6 heterocycles. The molecule has 2 N–H and O–H groups in total. The SMILES string of the molecule is CCP(C)(=O)c1ccc(-n2ccn(-c3c4c(nn3-c3cc(C)c(F)c(C)c3)CCN(C(=O)c3cc5cc(C6CCOCC6)ccc5n3[C@@]3(c5noc(=O)[nH]5)C[C@@H]3C)[C@H]4C)c2=O)cc1NC. The number of amides is 1. The predicted molar refractivity (Wildman–Crippen MR) is 247 cm³/mol. The third-order valence-electron chi connectivity index (χ3n) is 14.3. The van der Waals surface area contributed by atoms with E-state index in [1.807, 2.05) is 41.5 Å². The molecule has 0 spiro atoms. The summed E-state index contributed by atoms with van der Waals surface area (Å²) >= 11 is 0. The van der Waals surface area contributed by atoms with Crippen LogP contribution in [0.4, 0.5) is 10.1 Å². The number of fused-ring (bicyclic) bond motifs is 2. The van der Waals surface area contributed by atoms with Gasteiger partial charge in [-0.2, -0.15) is 5.10 Å².